The van der Waals surface area contributed by atoms with Gasteiger partial charge < -0.3 is 10.2 Å². The van der Waals surface area contributed by atoms with Crippen molar-refractivity contribution in [3.05, 3.63) is 58.2 Å². The number of nitrogens with zero attached hydrogens (tertiary/aromatic N) is 5. The summed E-state index contributed by atoms with van der Waals surface area (Å²) in [5.74, 6) is 1.38. The lowest BCUT2D eigenvalue weighted by Crippen LogP contribution is -2.32. The second kappa shape index (κ2) is 7.63. The summed E-state index contributed by atoms with van der Waals surface area (Å²) >= 11 is 1.55. The van der Waals surface area contributed by atoms with E-state index in [1.807, 2.05) is 49.3 Å². The van der Waals surface area contributed by atoms with Crippen molar-refractivity contribution >= 4 is 28.2 Å². The molecule has 0 bridgehead atoms. The highest BCUT2D eigenvalue weighted by atomic mass is 32.1. The Morgan fingerprint density at radius 2 is 2.07 bits per heavy atom. The first kappa shape index (κ1) is 18.5. The number of rotatable bonds is 4. The molecule has 0 unspecified atom stereocenters. The molecule has 1 aliphatic rings. The third-order valence-corrected chi connectivity index (χ3v) is 5.69. The number of carbonyl (C=O) groups is 1. The quantitative estimate of drug-likeness (QED) is 0.721. The van der Waals surface area contributed by atoms with E-state index >= 15 is 0 Å². The summed E-state index contributed by atoms with van der Waals surface area (Å²) in [7, 11) is 0. The van der Waals surface area contributed by atoms with Crippen LogP contribution in [0.15, 0.2) is 29.8 Å². The summed E-state index contributed by atoms with van der Waals surface area (Å²) in [5.41, 5.74) is 3.14. The smallest absolute Gasteiger partial charge is 0.257 e. The molecule has 144 valence electrons. The van der Waals surface area contributed by atoms with Crippen LogP contribution < -0.4 is 5.32 Å². The topological polar surface area (TPSA) is 83.9 Å². The number of pyridine rings is 1. The van der Waals surface area contributed by atoms with Crippen molar-refractivity contribution in [3.63, 3.8) is 0 Å². The number of hydrogen-bond donors (Lipinski definition) is 1. The predicted octanol–water partition coefficient (Wildman–Crippen LogP) is 3.97. The van der Waals surface area contributed by atoms with Crippen LogP contribution in [-0.2, 0) is 0 Å². The normalized spacial score (nSPS) is 16.4. The molecule has 0 spiro atoms. The lowest BCUT2D eigenvalue weighted by Gasteiger charge is -2.25. The molecule has 0 aliphatic carbocycles. The number of thiazole rings is 1. The van der Waals surface area contributed by atoms with Gasteiger partial charge in [-0.2, -0.15) is 0 Å². The molecule has 1 atom stereocenters. The average Bonchev–Trinajstić information content (AvgIpc) is 3.30. The fourth-order valence-corrected chi connectivity index (χ4v) is 4.19. The zero-order chi connectivity index (χ0) is 19.7. The first-order valence-corrected chi connectivity index (χ1v) is 10.2. The average molecular weight is 395 g/mol. The van der Waals surface area contributed by atoms with Crippen molar-refractivity contribution in [2.24, 2.45) is 0 Å². The molecular weight excluding hydrogens is 372 g/mol. The molecule has 7 nitrogen and oxygen atoms in total. The van der Waals surface area contributed by atoms with Crippen LogP contribution >= 0.6 is 11.3 Å². The second-order valence-electron chi connectivity index (χ2n) is 6.94. The Balaban J connectivity index is 1.58. The van der Waals surface area contributed by atoms with E-state index in [0.29, 0.717) is 23.6 Å². The minimum absolute atomic E-state index is 0.0317. The van der Waals surface area contributed by atoms with E-state index in [1.165, 1.54) is 0 Å². The highest BCUT2D eigenvalue weighted by Gasteiger charge is 2.32. The van der Waals surface area contributed by atoms with Crippen LogP contribution in [0.1, 0.15) is 52.1 Å². The number of amides is 1. The third kappa shape index (κ3) is 3.73. The highest BCUT2D eigenvalue weighted by molar-refractivity contribution is 7.13. The van der Waals surface area contributed by atoms with Gasteiger partial charge in [-0.05, 0) is 45.7 Å². The molecule has 4 heterocycles. The number of nitrogens with one attached hydrogen (secondary N) is 1. The van der Waals surface area contributed by atoms with Crippen LogP contribution in [0, 0.1) is 20.8 Å². The number of carbonyl (C=O) groups excluding carboxylic acids is 1. The molecule has 1 saturated heterocycles. The van der Waals surface area contributed by atoms with Crippen molar-refractivity contribution in [1.82, 2.24) is 24.8 Å². The fourth-order valence-electron chi connectivity index (χ4n) is 3.49. The fraction of sp³-hybridized carbons (Fsp3) is 0.350. The molecule has 3 aromatic rings. The summed E-state index contributed by atoms with van der Waals surface area (Å²) in [6.45, 7) is 6.35. The van der Waals surface area contributed by atoms with Gasteiger partial charge in [0.15, 0.2) is 5.13 Å². The zero-order valence-corrected chi connectivity index (χ0v) is 17.0. The summed E-state index contributed by atoms with van der Waals surface area (Å²) < 4.78 is 0. The summed E-state index contributed by atoms with van der Waals surface area (Å²) in [6.07, 6.45) is 3.48. The number of anilines is 2. The molecular formula is C20H22N6OS. The Morgan fingerprint density at radius 3 is 2.82 bits per heavy atom. The standard InChI is InChI=1S/C20H22N6OS/c1-12-11-28-20(22-12)25-18-8-4-6-16(24-18)17-7-5-9-26(17)19(27)15-10-21-14(3)23-13(15)2/h4,6,8,10-11,17H,5,7,9H2,1-3H3,(H,22,24,25)/t17-/m0/s1. The van der Waals surface area contributed by atoms with Gasteiger partial charge in [-0.1, -0.05) is 6.07 Å². The van der Waals surface area contributed by atoms with Crippen molar-refractivity contribution < 1.29 is 4.79 Å². The Bertz CT molecular complexity index is 1020. The Morgan fingerprint density at radius 1 is 1.21 bits per heavy atom. The molecule has 8 heteroatoms. The van der Waals surface area contributed by atoms with Gasteiger partial charge >= 0.3 is 0 Å². The van der Waals surface area contributed by atoms with Crippen molar-refractivity contribution in [2.75, 3.05) is 11.9 Å². The SMILES string of the molecule is Cc1csc(Nc2cccc([C@@H]3CCCN3C(=O)c3cnc(C)nc3C)n2)n1. The van der Waals surface area contributed by atoms with E-state index in [1.54, 1.807) is 17.5 Å². The minimum Gasteiger partial charge on any atom is -0.330 e. The van der Waals surface area contributed by atoms with Crippen molar-refractivity contribution in [3.8, 4) is 0 Å². The Kier molecular flexibility index (Phi) is 5.04. The summed E-state index contributed by atoms with van der Waals surface area (Å²) in [6, 6.07) is 5.81. The third-order valence-electron chi connectivity index (χ3n) is 4.81. The lowest BCUT2D eigenvalue weighted by molar-refractivity contribution is 0.0731. The Hall–Kier alpha value is -2.87. The second-order valence-corrected chi connectivity index (χ2v) is 7.80. The molecule has 1 fully saturated rings. The van der Waals surface area contributed by atoms with Crippen molar-refractivity contribution in [1.29, 1.82) is 0 Å². The van der Waals surface area contributed by atoms with E-state index in [-0.39, 0.29) is 11.9 Å². The first-order chi connectivity index (χ1) is 13.5. The van der Waals surface area contributed by atoms with Gasteiger partial charge in [0.2, 0.25) is 0 Å². The van der Waals surface area contributed by atoms with Crippen LogP contribution in [0.5, 0.6) is 0 Å². The molecule has 0 radical (unpaired) electrons. The van der Waals surface area contributed by atoms with Gasteiger partial charge in [0.1, 0.15) is 11.6 Å². The predicted molar refractivity (Wildman–Crippen MR) is 109 cm³/mol. The maximum absolute atomic E-state index is 13.1. The van der Waals surface area contributed by atoms with Gasteiger partial charge in [0.25, 0.3) is 5.91 Å². The van der Waals surface area contributed by atoms with Crippen molar-refractivity contribution in [2.45, 2.75) is 39.7 Å². The van der Waals surface area contributed by atoms with E-state index < -0.39 is 0 Å². The zero-order valence-electron chi connectivity index (χ0n) is 16.1. The van der Waals surface area contributed by atoms with Gasteiger partial charge in [-0.25, -0.2) is 19.9 Å². The first-order valence-electron chi connectivity index (χ1n) is 9.28. The Labute approximate surface area is 167 Å². The number of aromatic nitrogens is 4. The van der Waals surface area contributed by atoms with E-state index in [2.05, 4.69) is 20.3 Å². The van der Waals surface area contributed by atoms with Gasteiger partial charge in [-0.3, -0.25) is 4.79 Å². The number of aryl methyl sites for hydroxylation is 3. The lowest BCUT2D eigenvalue weighted by atomic mass is 10.1. The van der Waals surface area contributed by atoms with Crippen LogP contribution in [0.25, 0.3) is 0 Å². The van der Waals surface area contributed by atoms with Crippen LogP contribution in [0.3, 0.4) is 0 Å². The molecule has 0 aromatic carbocycles. The summed E-state index contributed by atoms with van der Waals surface area (Å²) in [4.78, 5) is 32.7. The van der Waals surface area contributed by atoms with Crippen LogP contribution in [-0.4, -0.2) is 37.3 Å². The molecule has 0 saturated carbocycles. The molecule has 3 aromatic heterocycles. The number of hydrogen-bond acceptors (Lipinski definition) is 7. The van der Waals surface area contributed by atoms with Crippen LogP contribution in [0.4, 0.5) is 10.9 Å². The van der Waals surface area contributed by atoms with E-state index in [0.717, 1.165) is 35.2 Å². The van der Waals surface area contributed by atoms with Gasteiger partial charge in [0, 0.05) is 18.1 Å². The summed E-state index contributed by atoms with van der Waals surface area (Å²) in [5, 5.41) is 6.06. The van der Waals surface area contributed by atoms with Crippen LogP contribution in [0.2, 0.25) is 0 Å². The monoisotopic (exact) mass is 394 g/mol. The van der Waals surface area contributed by atoms with Gasteiger partial charge in [-0.15, -0.1) is 11.3 Å². The maximum Gasteiger partial charge on any atom is 0.257 e. The highest BCUT2D eigenvalue weighted by Crippen LogP contribution is 2.33. The minimum atomic E-state index is -0.0482. The number of likely N-dealkylation sites (tertiary alicyclic amines) is 1. The maximum atomic E-state index is 13.1. The largest absolute Gasteiger partial charge is 0.330 e. The molecule has 1 amide bonds. The molecule has 1 N–H and O–H groups in total. The molecule has 4 rings (SSSR count). The van der Waals surface area contributed by atoms with E-state index in [4.69, 9.17) is 4.98 Å². The molecule has 28 heavy (non-hydrogen) atoms. The van der Waals surface area contributed by atoms with E-state index in [9.17, 15) is 4.79 Å². The molecule has 1 aliphatic heterocycles. The van der Waals surface area contributed by atoms with Gasteiger partial charge in [0.05, 0.1) is 28.7 Å².